The summed E-state index contributed by atoms with van der Waals surface area (Å²) in [5.41, 5.74) is 3.06. The van der Waals surface area contributed by atoms with E-state index < -0.39 is 22.0 Å². The number of aryl methyl sites for hydroxylation is 1. The van der Waals surface area contributed by atoms with Gasteiger partial charge in [-0.2, -0.15) is 4.72 Å². The van der Waals surface area contributed by atoms with Crippen molar-refractivity contribution in [2.45, 2.75) is 37.1 Å². The quantitative estimate of drug-likeness (QED) is 0.418. The number of rotatable bonds is 8. The van der Waals surface area contributed by atoms with Gasteiger partial charge in [0.1, 0.15) is 6.04 Å². The molecule has 0 spiro atoms. The van der Waals surface area contributed by atoms with E-state index in [9.17, 15) is 22.8 Å². The van der Waals surface area contributed by atoms with Crippen LogP contribution in [-0.2, 0) is 32.5 Å². The van der Waals surface area contributed by atoms with Crippen LogP contribution in [0.2, 0.25) is 0 Å². The van der Waals surface area contributed by atoms with Crippen molar-refractivity contribution in [1.82, 2.24) is 4.72 Å². The monoisotopic (exact) mass is 491 g/mol. The number of ketones is 1. The Kier molecular flexibility index (Phi) is 7.09. The Bertz CT molecular complexity index is 1370. The fourth-order valence-electron chi connectivity index (χ4n) is 3.84. The maximum Gasteiger partial charge on any atom is 0.242 e. The minimum atomic E-state index is -4.05. The number of hydrogen-bond donors (Lipinski definition) is 3. The van der Waals surface area contributed by atoms with Crippen LogP contribution in [0.25, 0.3) is 0 Å². The average Bonchev–Trinajstić information content (AvgIpc) is 2.84. The molecule has 2 amide bonds. The number of nitrogens with one attached hydrogen (secondary N) is 3. The topological polar surface area (TPSA) is 121 Å². The third kappa shape index (κ3) is 6.00. The number of fused-ring (bicyclic) bond motifs is 1. The third-order valence-electron chi connectivity index (χ3n) is 5.74. The van der Waals surface area contributed by atoms with Gasteiger partial charge in [0.25, 0.3) is 0 Å². The van der Waals surface area contributed by atoms with Crippen molar-refractivity contribution >= 4 is 39.0 Å². The summed E-state index contributed by atoms with van der Waals surface area (Å²) in [6.45, 7) is 1.45. The molecule has 0 aliphatic carbocycles. The number of Topliss-reactive ketones (excluding diaryl/α,β-unsaturated/α-hetero) is 1. The largest absolute Gasteiger partial charge is 0.326 e. The van der Waals surface area contributed by atoms with E-state index in [1.165, 1.54) is 19.1 Å². The summed E-state index contributed by atoms with van der Waals surface area (Å²) in [5, 5.41) is 5.46. The highest BCUT2D eigenvalue weighted by atomic mass is 32.2. The smallest absolute Gasteiger partial charge is 0.242 e. The fourth-order valence-corrected chi connectivity index (χ4v) is 5.08. The molecule has 0 saturated heterocycles. The molecule has 1 unspecified atom stereocenters. The van der Waals surface area contributed by atoms with Gasteiger partial charge in [0.05, 0.1) is 4.90 Å². The first-order chi connectivity index (χ1) is 16.7. The summed E-state index contributed by atoms with van der Waals surface area (Å²) < 4.78 is 29.0. The van der Waals surface area contributed by atoms with Crippen molar-refractivity contribution in [2.24, 2.45) is 0 Å². The van der Waals surface area contributed by atoms with Gasteiger partial charge in [-0.05, 0) is 73.4 Å². The van der Waals surface area contributed by atoms with E-state index in [2.05, 4.69) is 15.4 Å². The van der Waals surface area contributed by atoms with Crippen molar-refractivity contribution < 1.29 is 22.8 Å². The van der Waals surface area contributed by atoms with Gasteiger partial charge in [-0.15, -0.1) is 0 Å². The average molecular weight is 492 g/mol. The van der Waals surface area contributed by atoms with E-state index in [0.717, 1.165) is 11.1 Å². The van der Waals surface area contributed by atoms with Crippen LogP contribution < -0.4 is 15.4 Å². The van der Waals surface area contributed by atoms with Crippen molar-refractivity contribution in [3.05, 3.63) is 89.5 Å². The fraction of sp³-hybridized carbons (Fsp3) is 0.192. The molecule has 4 rings (SSSR count). The van der Waals surface area contributed by atoms with Gasteiger partial charge in [0.2, 0.25) is 21.8 Å². The van der Waals surface area contributed by atoms with Gasteiger partial charge in [-0.25, -0.2) is 8.42 Å². The lowest BCUT2D eigenvalue weighted by atomic mass is 10.0. The Balaban J connectivity index is 1.58. The Hall–Kier alpha value is -3.82. The number of carbonyl (C=O) groups is 3. The van der Waals surface area contributed by atoms with Gasteiger partial charge in [-0.1, -0.05) is 30.3 Å². The summed E-state index contributed by atoms with van der Waals surface area (Å²) in [4.78, 5) is 36.3. The predicted octanol–water partition coefficient (Wildman–Crippen LogP) is 3.30. The number of amides is 2. The molecular formula is C26H25N3O5S. The first-order valence-electron chi connectivity index (χ1n) is 11.1. The van der Waals surface area contributed by atoms with Gasteiger partial charge in [0.15, 0.2) is 5.78 Å². The predicted molar refractivity (Wildman–Crippen MR) is 133 cm³/mol. The zero-order valence-corrected chi connectivity index (χ0v) is 19.9. The van der Waals surface area contributed by atoms with Crippen LogP contribution >= 0.6 is 0 Å². The van der Waals surface area contributed by atoms with Crippen LogP contribution in [0.15, 0.2) is 77.7 Å². The lowest BCUT2D eigenvalue weighted by molar-refractivity contribution is -0.118. The number of sulfonamides is 1. The summed E-state index contributed by atoms with van der Waals surface area (Å²) >= 11 is 0. The lowest BCUT2D eigenvalue weighted by Crippen LogP contribution is -2.45. The van der Waals surface area contributed by atoms with E-state index in [1.807, 2.05) is 30.3 Å². The molecule has 0 fully saturated rings. The van der Waals surface area contributed by atoms with Crippen molar-refractivity contribution in [3.63, 3.8) is 0 Å². The molecule has 0 aromatic heterocycles. The van der Waals surface area contributed by atoms with Crippen molar-refractivity contribution in [3.8, 4) is 0 Å². The highest BCUT2D eigenvalue weighted by molar-refractivity contribution is 7.89. The Morgan fingerprint density at radius 3 is 2.37 bits per heavy atom. The zero-order chi connectivity index (χ0) is 25.0. The molecule has 3 N–H and O–H groups in total. The summed E-state index contributed by atoms with van der Waals surface area (Å²) in [6.07, 6.45) is 0.860. The molecule has 0 saturated carbocycles. The second-order valence-corrected chi connectivity index (χ2v) is 10.1. The number of carbonyl (C=O) groups excluding carboxylic acids is 3. The van der Waals surface area contributed by atoms with E-state index in [4.69, 9.17) is 0 Å². The van der Waals surface area contributed by atoms with Gasteiger partial charge in [0, 0.05) is 23.4 Å². The molecule has 1 aliphatic heterocycles. The highest BCUT2D eigenvalue weighted by Crippen LogP contribution is 2.25. The maximum absolute atomic E-state index is 13.2. The molecule has 0 radical (unpaired) electrons. The van der Waals surface area contributed by atoms with Crippen LogP contribution in [0.3, 0.4) is 0 Å². The number of hydrogen-bond acceptors (Lipinski definition) is 5. The molecule has 1 aliphatic rings. The minimum absolute atomic E-state index is 0.0177. The van der Waals surface area contributed by atoms with Crippen LogP contribution in [0, 0.1) is 0 Å². The van der Waals surface area contributed by atoms with Crippen LogP contribution in [0.1, 0.15) is 34.8 Å². The number of anilines is 2. The van der Waals surface area contributed by atoms with Gasteiger partial charge < -0.3 is 10.6 Å². The van der Waals surface area contributed by atoms with E-state index in [0.29, 0.717) is 23.4 Å². The minimum Gasteiger partial charge on any atom is -0.326 e. The van der Waals surface area contributed by atoms with E-state index >= 15 is 0 Å². The first kappa shape index (κ1) is 24.3. The zero-order valence-electron chi connectivity index (χ0n) is 19.1. The van der Waals surface area contributed by atoms with Crippen LogP contribution in [0.4, 0.5) is 11.4 Å². The molecule has 1 heterocycles. The molecule has 9 heteroatoms. The lowest BCUT2D eigenvalue weighted by Gasteiger charge is -2.21. The Morgan fingerprint density at radius 1 is 0.971 bits per heavy atom. The van der Waals surface area contributed by atoms with Gasteiger partial charge >= 0.3 is 0 Å². The van der Waals surface area contributed by atoms with E-state index in [1.54, 1.807) is 30.3 Å². The summed E-state index contributed by atoms with van der Waals surface area (Å²) in [7, 11) is -4.05. The van der Waals surface area contributed by atoms with Crippen molar-refractivity contribution in [1.29, 1.82) is 0 Å². The van der Waals surface area contributed by atoms with Crippen LogP contribution in [-0.4, -0.2) is 32.1 Å². The van der Waals surface area contributed by atoms with E-state index in [-0.39, 0.29) is 29.4 Å². The molecule has 0 bridgehead atoms. The van der Waals surface area contributed by atoms with Gasteiger partial charge in [-0.3, -0.25) is 14.4 Å². The summed E-state index contributed by atoms with van der Waals surface area (Å²) in [6, 6.07) is 18.9. The molecule has 8 nitrogen and oxygen atoms in total. The summed E-state index contributed by atoms with van der Waals surface area (Å²) in [5.74, 6) is -0.734. The molecule has 180 valence electrons. The van der Waals surface area contributed by atoms with Crippen LogP contribution in [0.5, 0.6) is 0 Å². The molecule has 35 heavy (non-hydrogen) atoms. The molecule has 3 aromatic rings. The highest BCUT2D eigenvalue weighted by Gasteiger charge is 2.27. The maximum atomic E-state index is 13.2. The first-order valence-corrected chi connectivity index (χ1v) is 12.6. The third-order valence-corrected chi connectivity index (χ3v) is 7.21. The van der Waals surface area contributed by atoms with Crippen molar-refractivity contribution in [2.75, 3.05) is 10.6 Å². The molecular weight excluding hydrogens is 466 g/mol. The Labute approximate surface area is 203 Å². The standard InChI is InChI=1S/C26H25N3O5S/c1-17(30)19-7-10-21(11-8-19)27-26(32)24(15-18-5-3-2-4-6-18)29-35(33,34)22-12-13-23-20(16-22)9-14-25(31)28-23/h2-8,10-13,16,24,29H,9,14-15H2,1H3,(H,27,32)(H,28,31). The second kappa shape index (κ2) is 10.2. The Morgan fingerprint density at radius 2 is 1.69 bits per heavy atom. The second-order valence-electron chi connectivity index (χ2n) is 8.35. The number of benzene rings is 3. The SMILES string of the molecule is CC(=O)c1ccc(NC(=O)C(Cc2ccccc2)NS(=O)(=O)c2ccc3c(c2)CCC(=O)N3)cc1. The molecule has 1 atom stereocenters. The molecule has 3 aromatic carbocycles. The normalized spacial score (nSPS) is 13.9.